The number of hydrogen-bond acceptors (Lipinski definition) is 4. The molecule has 1 N–H and O–H groups in total. The van der Waals surface area contributed by atoms with Crippen LogP contribution in [0.4, 0.5) is 5.69 Å². The second kappa shape index (κ2) is 14.4. The van der Waals surface area contributed by atoms with E-state index in [4.69, 9.17) is 23.2 Å². The monoisotopic (exact) mass is 629 g/mol. The van der Waals surface area contributed by atoms with E-state index in [1.807, 2.05) is 38.1 Å². The molecule has 1 saturated carbocycles. The van der Waals surface area contributed by atoms with Gasteiger partial charge in [-0.3, -0.25) is 13.9 Å². The van der Waals surface area contributed by atoms with Crippen LogP contribution in [0.5, 0.6) is 0 Å². The number of rotatable bonds is 11. The Morgan fingerprint density at radius 3 is 2.31 bits per heavy atom. The summed E-state index contributed by atoms with van der Waals surface area (Å²) in [7, 11) is -4.22. The minimum Gasteiger partial charge on any atom is -0.352 e. The Balaban J connectivity index is 1.72. The first-order valence-electron chi connectivity index (χ1n) is 14.3. The average molecular weight is 631 g/mol. The standard InChI is InChI=1S/C32H37Cl2N3O4S/c1-3-29(32(39)35-26-13-6-4-7-14-26)36(21-24-12-10-11-23(2)19-24)31(38)22-37(30-18-17-25(33)20-28(30)34)42(40,41)27-15-8-5-9-16-27/h5,8-12,15-20,26,29H,3-4,6-7,13-14,21-22H2,1-2H3,(H,35,39). The maximum atomic E-state index is 14.2. The molecule has 0 radical (unpaired) electrons. The van der Waals surface area contributed by atoms with Crippen LogP contribution in [0, 0.1) is 6.92 Å². The quantitative estimate of drug-likeness (QED) is 0.254. The predicted octanol–water partition coefficient (Wildman–Crippen LogP) is 6.75. The third-order valence-corrected chi connectivity index (χ3v) is 9.87. The van der Waals surface area contributed by atoms with Gasteiger partial charge in [-0.25, -0.2) is 8.42 Å². The Morgan fingerprint density at radius 2 is 1.67 bits per heavy atom. The van der Waals surface area contributed by atoms with E-state index in [0.29, 0.717) is 11.4 Å². The highest BCUT2D eigenvalue weighted by Crippen LogP contribution is 2.33. The van der Waals surface area contributed by atoms with Crippen LogP contribution in [-0.2, 0) is 26.2 Å². The molecule has 2 amide bonds. The van der Waals surface area contributed by atoms with Gasteiger partial charge < -0.3 is 10.2 Å². The highest BCUT2D eigenvalue weighted by Gasteiger charge is 2.35. The second-order valence-electron chi connectivity index (χ2n) is 10.7. The maximum absolute atomic E-state index is 14.2. The molecule has 0 spiro atoms. The van der Waals surface area contributed by atoms with Gasteiger partial charge >= 0.3 is 0 Å². The first-order chi connectivity index (χ1) is 20.1. The number of carbonyl (C=O) groups excluding carboxylic acids is 2. The fraction of sp³-hybridized carbons (Fsp3) is 0.375. The van der Waals surface area contributed by atoms with E-state index in [1.54, 1.807) is 18.2 Å². The Bertz CT molecular complexity index is 1490. The summed E-state index contributed by atoms with van der Waals surface area (Å²) in [5.74, 6) is -0.750. The topological polar surface area (TPSA) is 86.8 Å². The highest BCUT2D eigenvalue weighted by atomic mass is 35.5. The molecule has 1 aliphatic carbocycles. The van der Waals surface area contributed by atoms with E-state index >= 15 is 0 Å². The zero-order chi connectivity index (χ0) is 30.3. The summed E-state index contributed by atoms with van der Waals surface area (Å²) in [6.07, 6.45) is 5.45. The van der Waals surface area contributed by atoms with Crippen molar-refractivity contribution in [2.24, 2.45) is 0 Å². The molecule has 3 aromatic carbocycles. The van der Waals surface area contributed by atoms with Gasteiger partial charge in [-0.1, -0.05) is 97.4 Å². The van der Waals surface area contributed by atoms with E-state index < -0.39 is 28.5 Å². The molecular formula is C32H37Cl2N3O4S. The number of anilines is 1. The Kier molecular flexibility index (Phi) is 10.9. The van der Waals surface area contributed by atoms with Gasteiger partial charge in [0.15, 0.2) is 0 Å². The van der Waals surface area contributed by atoms with E-state index in [2.05, 4.69) is 5.32 Å². The molecular weight excluding hydrogens is 593 g/mol. The van der Waals surface area contributed by atoms with Crippen molar-refractivity contribution in [3.05, 3.63) is 94.0 Å². The van der Waals surface area contributed by atoms with Gasteiger partial charge in [0.25, 0.3) is 10.0 Å². The van der Waals surface area contributed by atoms with E-state index in [-0.39, 0.29) is 34.1 Å². The third-order valence-electron chi connectivity index (χ3n) is 7.56. The number of nitrogens with one attached hydrogen (secondary N) is 1. The fourth-order valence-electron chi connectivity index (χ4n) is 5.39. The van der Waals surface area contributed by atoms with Crippen molar-refractivity contribution in [2.45, 2.75) is 75.9 Å². The minimum atomic E-state index is -4.22. The number of benzene rings is 3. The molecule has 0 heterocycles. The van der Waals surface area contributed by atoms with Crippen molar-refractivity contribution in [1.29, 1.82) is 0 Å². The molecule has 0 aromatic heterocycles. The van der Waals surface area contributed by atoms with Gasteiger partial charge in [-0.2, -0.15) is 0 Å². The largest absolute Gasteiger partial charge is 0.352 e. The van der Waals surface area contributed by atoms with Crippen molar-refractivity contribution >= 4 is 50.7 Å². The van der Waals surface area contributed by atoms with Crippen LogP contribution < -0.4 is 9.62 Å². The van der Waals surface area contributed by atoms with Crippen molar-refractivity contribution in [1.82, 2.24) is 10.2 Å². The van der Waals surface area contributed by atoms with Crippen molar-refractivity contribution in [3.63, 3.8) is 0 Å². The normalized spacial score (nSPS) is 14.7. The lowest BCUT2D eigenvalue weighted by Gasteiger charge is -2.34. The molecule has 7 nitrogen and oxygen atoms in total. The summed E-state index contributed by atoms with van der Waals surface area (Å²) < 4.78 is 28.9. The van der Waals surface area contributed by atoms with Crippen LogP contribution in [-0.4, -0.2) is 43.8 Å². The Hall–Kier alpha value is -3.07. The van der Waals surface area contributed by atoms with Crippen LogP contribution >= 0.6 is 23.2 Å². The number of halogens is 2. The summed E-state index contributed by atoms with van der Waals surface area (Å²) in [6, 6.07) is 19.3. The lowest BCUT2D eigenvalue weighted by Crippen LogP contribution is -2.54. The number of aryl methyl sites for hydroxylation is 1. The second-order valence-corrected chi connectivity index (χ2v) is 13.4. The first kappa shape index (κ1) is 31.9. The van der Waals surface area contributed by atoms with E-state index in [1.165, 1.54) is 35.2 Å². The molecule has 0 bridgehead atoms. The molecule has 0 aliphatic heterocycles. The Morgan fingerprint density at radius 1 is 0.952 bits per heavy atom. The first-order valence-corrected chi connectivity index (χ1v) is 16.5. The van der Waals surface area contributed by atoms with Crippen molar-refractivity contribution in [2.75, 3.05) is 10.8 Å². The maximum Gasteiger partial charge on any atom is 0.264 e. The minimum absolute atomic E-state index is 0.0103. The molecule has 1 fully saturated rings. The molecule has 1 aliphatic rings. The van der Waals surface area contributed by atoms with Gasteiger partial charge in [-0.15, -0.1) is 0 Å². The van der Waals surface area contributed by atoms with Gasteiger partial charge in [0.1, 0.15) is 12.6 Å². The summed E-state index contributed by atoms with van der Waals surface area (Å²) in [4.78, 5) is 29.4. The summed E-state index contributed by atoms with van der Waals surface area (Å²) in [5.41, 5.74) is 1.98. The van der Waals surface area contributed by atoms with E-state index in [9.17, 15) is 18.0 Å². The van der Waals surface area contributed by atoms with Crippen LogP contribution in [0.3, 0.4) is 0 Å². The summed E-state index contributed by atoms with van der Waals surface area (Å²) >= 11 is 12.6. The molecule has 3 aromatic rings. The van der Waals surface area contributed by atoms with Gasteiger partial charge in [0, 0.05) is 17.6 Å². The fourth-order valence-corrected chi connectivity index (χ4v) is 7.40. The van der Waals surface area contributed by atoms with Gasteiger partial charge in [-0.05, 0) is 62.1 Å². The molecule has 1 unspecified atom stereocenters. The molecule has 42 heavy (non-hydrogen) atoms. The molecule has 1 atom stereocenters. The number of hydrogen-bond donors (Lipinski definition) is 1. The molecule has 224 valence electrons. The third kappa shape index (κ3) is 7.85. The zero-order valence-electron chi connectivity index (χ0n) is 23.9. The van der Waals surface area contributed by atoms with Crippen molar-refractivity contribution < 1.29 is 18.0 Å². The average Bonchev–Trinajstić information content (AvgIpc) is 2.97. The SMILES string of the molecule is CCC(C(=O)NC1CCCCC1)N(Cc1cccc(C)c1)C(=O)CN(c1ccc(Cl)cc1Cl)S(=O)(=O)c1ccccc1. The number of sulfonamides is 1. The van der Waals surface area contributed by atoms with Crippen LogP contribution in [0.25, 0.3) is 0 Å². The van der Waals surface area contributed by atoms with Gasteiger partial charge in [0.05, 0.1) is 15.6 Å². The smallest absolute Gasteiger partial charge is 0.264 e. The molecule has 4 rings (SSSR count). The Labute approximate surface area is 258 Å². The van der Waals surface area contributed by atoms with Crippen molar-refractivity contribution in [3.8, 4) is 0 Å². The lowest BCUT2D eigenvalue weighted by molar-refractivity contribution is -0.140. The number of nitrogens with zero attached hydrogens (tertiary/aromatic N) is 2. The molecule has 0 saturated heterocycles. The van der Waals surface area contributed by atoms with Crippen LogP contribution in [0.2, 0.25) is 10.0 Å². The van der Waals surface area contributed by atoms with Crippen LogP contribution in [0.15, 0.2) is 77.7 Å². The zero-order valence-corrected chi connectivity index (χ0v) is 26.3. The lowest BCUT2D eigenvalue weighted by atomic mass is 9.95. The summed E-state index contributed by atoms with van der Waals surface area (Å²) in [6.45, 7) is 3.40. The van der Waals surface area contributed by atoms with Crippen LogP contribution in [0.1, 0.15) is 56.6 Å². The van der Waals surface area contributed by atoms with E-state index in [0.717, 1.165) is 47.5 Å². The van der Waals surface area contributed by atoms with Gasteiger partial charge in [0.2, 0.25) is 11.8 Å². The summed E-state index contributed by atoms with van der Waals surface area (Å²) in [5, 5.41) is 3.58. The highest BCUT2D eigenvalue weighted by molar-refractivity contribution is 7.92. The predicted molar refractivity (Wildman–Crippen MR) is 168 cm³/mol. The number of amides is 2. The molecule has 10 heteroatoms. The number of carbonyl (C=O) groups is 2.